The van der Waals surface area contributed by atoms with Gasteiger partial charge < -0.3 is 18.9 Å². The number of rotatable bonds is 6. The van der Waals surface area contributed by atoms with Gasteiger partial charge in [-0.15, -0.1) is 0 Å². The van der Waals surface area contributed by atoms with E-state index in [0.717, 1.165) is 19.3 Å². The largest absolute Gasteiger partial charge is 0.458 e. The van der Waals surface area contributed by atoms with Gasteiger partial charge in [-0.2, -0.15) is 13.2 Å². The van der Waals surface area contributed by atoms with E-state index in [1.165, 1.54) is 0 Å². The first kappa shape index (κ1) is 27.2. The molecule has 11 heteroatoms. The molecule has 212 valence electrons. The van der Waals surface area contributed by atoms with E-state index in [1.54, 1.807) is 6.92 Å². The molecule has 2 aliphatic heterocycles. The molecule has 8 nitrogen and oxygen atoms in total. The van der Waals surface area contributed by atoms with E-state index >= 15 is 0 Å². The summed E-state index contributed by atoms with van der Waals surface area (Å²) >= 11 is 0. The van der Waals surface area contributed by atoms with E-state index in [9.17, 15) is 32.3 Å². The Kier molecular flexibility index (Phi) is 6.74. The first-order valence-electron chi connectivity index (χ1n) is 13.7. The fourth-order valence-electron chi connectivity index (χ4n) is 7.45. The molecule has 4 aliphatic carbocycles. The second-order valence-electron chi connectivity index (χ2n) is 12.0. The third kappa shape index (κ3) is 3.93. The Morgan fingerprint density at radius 1 is 0.921 bits per heavy atom. The molecule has 0 N–H and O–H groups in total. The lowest BCUT2D eigenvalue weighted by Gasteiger charge is -2.33. The zero-order valence-electron chi connectivity index (χ0n) is 22.0. The second-order valence-corrected chi connectivity index (χ2v) is 12.0. The third-order valence-electron chi connectivity index (χ3n) is 10.0. The highest BCUT2D eigenvalue weighted by atomic mass is 19.4. The third-order valence-corrected chi connectivity index (χ3v) is 10.0. The molecule has 2 heterocycles. The summed E-state index contributed by atoms with van der Waals surface area (Å²) in [5.74, 6) is -2.86. The fraction of sp³-hybridized carbons (Fsp3) is 0.852. The highest BCUT2D eigenvalue weighted by molar-refractivity contribution is 5.82. The number of fused-ring (bicyclic) bond motifs is 2. The number of alkyl halides is 3. The molecular formula is C27H35F3O8. The number of carbonyl (C=O) groups is 4. The van der Waals surface area contributed by atoms with Crippen LogP contribution in [-0.4, -0.2) is 54.5 Å². The van der Waals surface area contributed by atoms with Gasteiger partial charge in [-0.1, -0.05) is 27.7 Å². The van der Waals surface area contributed by atoms with E-state index in [0.29, 0.717) is 18.3 Å². The molecule has 38 heavy (non-hydrogen) atoms. The van der Waals surface area contributed by atoms with Gasteiger partial charge in [-0.3, -0.25) is 19.2 Å². The van der Waals surface area contributed by atoms with Gasteiger partial charge in [-0.25, -0.2) is 0 Å². The van der Waals surface area contributed by atoms with Crippen molar-refractivity contribution in [1.82, 2.24) is 0 Å². The molecule has 0 amide bonds. The van der Waals surface area contributed by atoms with Gasteiger partial charge in [-0.05, 0) is 38.5 Å². The van der Waals surface area contributed by atoms with Crippen LogP contribution in [0.1, 0.15) is 66.2 Å². The number of carbonyl (C=O) groups excluding carboxylic acids is 4. The number of ether oxygens (including phenoxy) is 4. The summed E-state index contributed by atoms with van der Waals surface area (Å²) < 4.78 is 61.2. The van der Waals surface area contributed by atoms with Crippen LogP contribution in [0.4, 0.5) is 13.2 Å². The van der Waals surface area contributed by atoms with E-state index < -0.39 is 47.6 Å². The average Bonchev–Trinajstić information content (AvgIpc) is 3.66. The van der Waals surface area contributed by atoms with E-state index in [2.05, 4.69) is 0 Å². The summed E-state index contributed by atoms with van der Waals surface area (Å²) in [5, 5.41) is 0. The van der Waals surface area contributed by atoms with Crippen LogP contribution in [0.15, 0.2) is 0 Å². The lowest BCUT2D eigenvalue weighted by atomic mass is 9.73. The Bertz CT molecular complexity index is 1010. The van der Waals surface area contributed by atoms with Crippen molar-refractivity contribution in [2.24, 2.45) is 46.8 Å². The molecule has 2 saturated heterocycles. The lowest BCUT2D eigenvalue weighted by Crippen LogP contribution is -2.48. The highest BCUT2D eigenvalue weighted by Crippen LogP contribution is 2.67. The molecule has 12 atom stereocenters. The van der Waals surface area contributed by atoms with Crippen molar-refractivity contribution in [3.05, 3.63) is 0 Å². The molecule has 0 aromatic carbocycles. The normalized spacial score (nSPS) is 42.8. The van der Waals surface area contributed by atoms with Crippen LogP contribution in [0.3, 0.4) is 0 Å². The standard InChI is InChI=1S/C14H17F3O4.C13H18O4/c1-3-6(2)11(18)20-9-7-4-8-10(9)21-12(19)13(8,5-7)14(15,16)17;1-3-6(2)12(14)16-10-7-4-8-9(5-7)13(15)17-11(8)10/h6-10H,3-5H2,1-2H3;6-11H,3-5H2,1-2H3. The Morgan fingerprint density at radius 3 is 2.05 bits per heavy atom. The van der Waals surface area contributed by atoms with Crippen molar-refractivity contribution in [2.75, 3.05) is 0 Å². The minimum atomic E-state index is -4.61. The topological polar surface area (TPSA) is 105 Å². The van der Waals surface area contributed by atoms with Gasteiger partial charge in [0.05, 0.1) is 17.8 Å². The van der Waals surface area contributed by atoms with Crippen molar-refractivity contribution in [2.45, 2.75) is 96.8 Å². The summed E-state index contributed by atoms with van der Waals surface area (Å²) in [7, 11) is 0. The smallest absolute Gasteiger partial charge is 0.405 e. The average molecular weight is 545 g/mol. The predicted molar refractivity (Wildman–Crippen MR) is 123 cm³/mol. The van der Waals surface area contributed by atoms with Crippen LogP contribution in [0.2, 0.25) is 0 Å². The number of hydrogen-bond acceptors (Lipinski definition) is 8. The van der Waals surface area contributed by atoms with E-state index in [-0.39, 0.29) is 54.7 Å². The van der Waals surface area contributed by atoms with Gasteiger partial charge in [0.25, 0.3) is 0 Å². The quantitative estimate of drug-likeness (QED) is 0.365. The number of halogens is 3. The first-order valence-corrected chi connectivity index (χ1v) is 13.7. The molecule has 6 aliphatic rings. The molecule has 0 spiro atoms. The van der Waals surface area contributed by atoms with Gasteiger partial charge >= 0.3 is 30.1 Å². The highest BCUT2D eigenvalue weighted by Gasteiger charge is 2.80. The molecule has 6 fully saturated rings. The molecular weight excluding hydrogens is 509 g/mol. The van der Waals surface area contributed by atoms with Gasteiger partial charge in [0.2, 0.25) is 0 Å². The maximum Gasteiger partial charge on any atom is 0.405 e. The van der Waals surface area contributed by atoms with Crippen molar-refractivity contribution in [1.29, 1.82) is 0 Å². The van der Waals surface area contributed by atoms with Crippen molar-refractivity contribution in [3.8, 4) is 0 Å². The summed E-state index contributed by atoms with van der Waals surface area (Å²) in [6.45, 7) is 7.38. The lowest BCUT2D eigenvalue weighted by molar-refractivity contribution is -0.231. The SMILES string of the molecule is CCC(C)C(=O)OC1C2CC3C(=O)OC1C3C2.CCC(C)C(=O)OC1C2CC3C1OC(=O)C3(C(F)(F)F)C2. The molecule has 0 aromatic heterocycles. The van der Waals surface area contributed by atoms with Gasteiger partial charge in [0, 0.05) is 23.7 Å². The van der Waals surface area contributed by atoms with Crippen LogP contribution >= 0.6 is 0 Å². The van der Waals surface area contributed by atoms with Crippen LogP contribution < -0.4 is 0 Å². The van der Waals surface area contributed by atoms with Crippen molar-refractivity contribution in [3.63, 3.8) is 0 Å². The molecule has 6 rings (SSSR count). The first-order chi connectivity index (χ1) is 17.8. The second kappa shape index (κ2) is 9.40. The maximum atomic E-state index is 13.3. The number of esters is 4. The van der Waals surface area contributed by atoms with Crippen LogP contribution in [0.5, 0.6) is 0 Å². The zero-order chi connectivity index (χ0) is 27.7. The van der Waals surface area contributed by atoms with Crippen LogP contribution in [-0.2, 0) is 38.1 Å². The predicted octanol–water partition coefficient (Wildman–Crippen LogP) is 3.98. The molecule has 0 aromatic rings. The van der Waals surface area contributed by atoms with Gasteiger partial charge in [0.15, 0.2) is 5.41 Å². The van der Waals surface area contributed by atoms with Crippen LogP contribution in [0, 0.1) is 46.8 Å². The molecule has 4 saturated carbocycles. The van der Waals surface area contributed by atoms with E-state index in [4.69, 9.17) is 18.9 Å². The molecule has 12 unspecified atom stereocenters. The Balaban J connectivity index is 0.000000158. The minimum Gasteiger partial charge on any atom is -0.458 e. The zero-order valence-corrected chi connectivity index (χ0v) is 22.0. The van der Waals surface area contributed by atoms with Crippen LogP contribution in [0.25, 0.3) is 0 Å². The summed E-state index contributed by atoms with van der Waals surface area (Å²) in [6, 6.07) is 0. The van der Waals surface area contributed by atoms with Crippen molar-refractivity contribution >= 4 is 23.9 Å². The number of hydrogen-bond donors (Lipinski definition) is 0. The summed E-state index contributed by atoms with van der Waals surface area (Å²) in [5.41, 5.74) is -2.37. The monoisotopic (exact) mass is 544 g/mol. The van der Waals surface area contributed by atoms with Gasteiger partial charge in [0.1, 0.15) is 24.4 Å². The Morgan fingerprint density at radius 2 is 1.50 bits per heavy atom. The summed E-state index contributed by atoms with van der Waals surface area (Å²) in [4.78, 5) is 47.0. The Labute approximate surface area is 219 Å². The summed E-state index contributed by atoms with van der Waals surface area (Å²) in [6.07, 6.45) is -3.48. The fourth-order valence-corrected chi connectivity index (χ4v) is 7.45. The molecule has 0 radical (unpaired) electrons. The maximum absolute atomic E-state index is 13.3. The Hall–Kier alpha value is -2.33. The molecule has 4 bridgehead atoms. The van der Waals surface area contributed by atoms with Crippen molar-refractivity contribution < 1.29 is 51.3 Å². The van der Waals surface area contributed by atoms with E-state index in [1.807, 2.05) is 20.8 Å². The minimum absolute atomic E-state index is 0.0676.